The molecule has 0 saturated carbocycles. The normalized spacial score (nSPS) is 15.9. The first-order valence-corrected chi connectivity index (χ1v) is 18.0. The minimum Gasteiger partial charge on any atom is -0.455 e. The van der Waals surface area contributed by atoms with E-state index in [2.05, 4.69) is 4.57 Å². The minimum atomic E-state index is -0.868. The summed E-state index contributed by atoms with van der Waals surface area (Å²) in [5.74, 6) is 0. The van der Waals surface area contributed by atoms with E-state index < -0.39 is 142 Å². The van der Waals surface area contributed by atoms with E-state index in [-0.39, 0.29) is 5.69 Å². The zero-order valence-electron chi connectivity index (χ0n) is 47.7. The van der Waals surface area contributed by atoms with Gasteiger partial charge in [0, 0.05) is 49.7 Å². The summed E-state index contributed by atoms with van der Waals surface area (Å²) in [6.45, 7) is 0. The lowest BCUT2D eigenvalue weighted by Gasteiger charge is -2.27. The van der Waals surface area contributed by atoms with Gasteiger partial charge in [-0.05, 0) is 82.8 Å². The highest BCUT2D eigenvalue weighted by Crippen LogP contribution is 2.46. The van der Waals surface area contributed by atoms with Gasteiger partial charge in [-0.1, -0.05) is 157 Å². The Kier molecular flexibility index (Phi) is 4.60. The van der Waals surface area contributed by atoms with E-state index in [0.717, 1.165) is 26.7 Å². The lowest BCUT2D eigenvalue weighted by Crippen LogP contribution is -2.10. The summed E-state index contributed by atoms with van der Waals surface area (Å²) < 4.78 is 170. The van der Waals surface area contributed by atoms with Gasteiger partial charge in [-0.25, -0.2) is 0 Å². The summed E-state index contributed by atoms with van der Waals surface area (Å²) in [5.41, 5.74) is 0.415. The highest BCUT2D eigenvalue weighted by molar-refractivity contribution is 6.13. The third-order valence-corrected chi connectivity index (χ3v) is 9.91. The molecule has 0 aliphatic rings. The van der Waals surface area contributed by atoms with Gasteiger partial charge >= 0.3 is 0 Å². The van der Waals surface area contributed by atoms with Crippen molar-refractivity contribution in [3.8, 4) is 39.1 Å². The molecule has 2 heterocycles. The van der Waals surface area contributed by atoms with Gasteiger partial charge in [0.2, 0.25) is 0 Å². The molecule has 268 valence electrons. The second kappa shape index (κ2) is 13.6. The topological polar surface area (TPSA) is 21.3 Å². The maximum atomic E-state index is 9.72. The van der Waals surface area contributed by atoms with Gasteiger partial charge < -0.3 is 13.9 Å². The first-order valence-electron chi connectivity index (χ1n) is 27.0. The molecule has 11 rings (SSSR count). The fourth-order valence-corrected chi connectivity index (χ4v) is 7.42. The predicted molar refractivity (Wildman–Crippen MR) is 239 cm³/mol. The number of fused-ring (bicyclic) bond motifs is 6. The van der Waals surface area contributed by atoms with Crippen molar-refractivity contribution in [1.29, 1.82) is 0 Å². The van der Waals surface area contributed by atoms with Gasteiger partial charge in [0.1, 0.15) is 11.2 Å². The summed E-state index contributed by atoms with van der Waals surface area (Å²) in [6, 6.07) is 18.8. The average molecular weight is 747 g/mol. The van der Waals surface area contributed by atoms with Crippen LogP contribution in [0.5, 0.6) is 0 Å². The second-order valence-electron chi connectivity index (χ2n) is 13.1. The molecule has 0 radical (unpaired) electrons. The molecule has 0 bridgehead atoms. The summed E-state index contributed by atoms with van der Waals surface area (Å²) >= 11 is 0. The fraction of sp³-hybridized carbons (Fsp3) is 0. The molecular formula is C54H36N2O. The standard InChI is InChI=1S/C54H36N2O/c1-3-15-37(16-4-1)39-27-31-41(32-28-39)55(42-33-29-40(30-34-42)38-17-5-2-6-18-38)43-35-48(54-49(36-43)47-22-10-14-26-53(47)57-54)46-21-9-13-25-52(46)56-50-23-11-7-19-44(50)45-20-8-12-24-51(45)56/h1-36H/i1D,2D,3D,4D,5D,6D,15D,16D,17D,18D,27D,28D,29D,30D,31D,32D,33D,34D. The molecule has 0 fully saturated rings. The number of furan rings is 1. The molecule has 0 spiro atoms. The smallest absolute Gasteiger partial charge is 0.143 e. The van der Waals surface area contributed by atoms with E-state index >= 15 is 0 Å². The quantitative estimate of drug-likeness (QED) is 0.162. The van der Waals surface area contributed by atoms with Crippen LogP contribution in [0.1, 0.15) is 24.7 Å². The van der Waals surface area contributed by atoms with Crippen molar-refractivity contribution in [2.45, 2.75) is 0 Å². The minimum absolute atomic E-state index is 0.0335. The first kappa shape index (κ1) is 19.3. The summed E-state index contributed by atoms with van der Waals surface area (Å²) in [5, 5.41) is 2.97. The van der Waals surface area contributed by atoms with E-state index in [1.54, 1.807) is 36.4 Å². The molecule has 0 amide bonds. The van der Waals surface area contributed by atoms with Crippen LogP contribution in [0.4, 0.5) is 17.1 Å². The highest BCUT2D eigenvalue weighted by Gasteiger charge is 2.23. The van der Waals surface area contributed by atoms with Gasteiger partial charge in [0.15, 0.2) is 0 Å². The zero-order chi connectivity index (χ0) is 53.4. The van der Waals surface area contributed by atoms with Crippen LogP contribution in [-0.4, -0.2) is 4.57 Å². The molecular weight excluding hydrogens is 693 g/mol. The van der Waals surface area contributed by atoms with Crippen LogP contribution in [-0.2, 0) is 0 Å². The predicted octanol–water partition coefficient (Wildman–Crippen LogP) is 15.2. The third kappa shape index (κ3) is 5.60. The van der Waals surface area contributed by atoms with Crippen molar-refractivity contribution in [1.82, 2.24) is 4.57 Å². The molecule has 11 aromatic rings. The van der Waals surface area contributed by atoms with Crippen LogP contribution >= 0.6 is 0 Å². The molecule has 0 N–H and O–H groups in total. The number of aromatic nitrogens is 1. The van der Waals surface area contributed by atoms with Gasteiger partial charge in [-0.2, -0.15) is 0 Å². The van der Waals surface area contributed by atoms with Crippen LogP contribution in [0.25, 0.3) is 82.8 Å². The van der Waals surface area contributed by atoms with E-state index in [1.165, 1.54) is 0 Å². The second-order valence-corrected chi connectivity index (χ2v) is 13.1. The summed E-state index contributed by atoms with van der Waals surface area (Å²) in [4.78, 5) is 1.03. The maximum absolute atomic E-state index is 9.72. The van der Waals surface area contributed by atoms with Crippen LogP contribution in [0.2, 0.25) is 0 Å². The number of hydrogen-bond donors (Lipinski definition) is 0. The van der Waals surface area contributed by atoms with Gasteiger partial charge in [-0.15, -0.1) is 0 Å². The van der Waals surface area contributed by atoms with Gasteiger partial charge in [0.25, 0.3) is 0 Å². The third-order valence-electron chi connectivity index (χ3n) is 9.91. The van der Waals surface area contributed by atoms with E-state index in [9.17, 15) is 11.0 Å². The molecule has 9 aromatic carbocycles. The molecule has 0 aliphatic heterocycles. The fourth-order valence-electron chi connectivity index (χ4n) is 7.42. The highest BCUT2D eigenvalue weighted by atomic mass is 16.3. The molecule has 3 heteroatoms. The molecule has 0 saturated heterocycles. The Morgan fingerprint density at radius 2 is 0.895 bits per heavy atom. The molecule has 57 heavy (non-hydrogen) atoms. The molecule has 0 atom stereocenters. The number of anilines is 3. The Labute approximate surface area is 356 Å². The first-order chi connectivity index (χ1) is 35.8. The number of para-hydroxylation sites is 4. The lowest BCUT2D eigenvalue weighted by molar-refractivity contribution is 0.670. The maximum Gasteiger partial charge on any atom is 0.143 e. The molecule has 0 unspecified atom stereocenters. The van der Waals surface area contributed by atoms with Crippen molar-refractivity contribution in [3.63, 3.8) is 0 Å². The molecule has 0 aliphatic carbocycles. The zero-order valence-corrected chi connectivity index (χ0v) is 29.7. The largest absolute Gasteiger partial charge is 0.455 e. The van der Waals surface area contributed by atoms with Crippen molar-refractivity contribution >= 4 is 60.8 Å². The molecule has 2 aromatic heterocycles. The van der Waals surface area contributed by atoms with E-state index in [4.69, 9.17) is 18.1 Å². The van der Waals surface area contributed by atoms with Gasteiger partial charge in [-0.3, -0.25) is 0 Å². The lowest BCUT2D eigenvalue weighted by atomic mass is 9.98. The Morgan fingerprint density at radius 3 is 1.49 bits per heavy atom. The number of rotatable bonds is 7. The average Bonchev–Trinajstić information content (AvgIpc) is 3.99. The Hall–Kier alpha value is -7.62. The SMILES string of the molecule is [2H]c1c([2H])c([2H])c(-c2c([2H])c([2H])c(N(c3cc(-c4ccccc4-n4c5ccccc5c5ccccc54)c4oc5ccccc5c4c3)c3c([2H])c([2H])c(-c4c([2H])c([2H])c([2H])c([2H])c4[2H])c([2H])c3[2H])c([2H])c2[2H])c([2H])c1[2H]. The summed E-state index contributed by atoms with van der Waals surface area (Å²) in [7, 11) is 0. The van der Waals surface area contributed by atoms with Crippen LogP contribution in [0, 0.1) is 0 Å². The van der Waals surface area contributed by atoms with Crippen molar-refractivity contribution in [2.24, 2.45) is 0 Å². The van der Waals surface area contributed by atoms with Gasteiger partial charge in [0.05, 0.1) is 41.4 Å². The van der Waals surface area contributed by atoms with Crippen LogP contribution in [0.15, 0.2) is 222 Å². The molecule has 3 nitrogen and oxygen atoms in total. The Morgan fingerprint density at radius 1 is 0.404 bits per heavy atom. The summed E-state index contributed by atoms with van der Waals surface area (Å²) in [6.07, 6.45) is 0. The monoisotopic (exact) mass is 746 g/mol. The van der Waals surface area contributed by atoms with Crippen molar-refractivity contribution in [3.05, 3.63) is 218 Å². The van der Waals surface area contributed by atoms with E-state index in [0.29, 0.717) is 38.8 Å². The van der Waals surface area contributed by atoms with Crippen LogP contribution < -0.4 is 4.90 Å². The number of nitrogens with zero attached hydrogens (tertiary/aromatic N) is 2. The van der Waals surface area contributed by atoms with Crippen LogP contribution in [0.3, 0.4) is 0 Å². The number of hydrogen-bond acceptors (Lipinski definition) is 2. The van der Waals surface area contributed by atoms with Crippen molar-refractivity contribution in [2.75, 3.05) is 4.90 Å². The number of benzene rings is 9. The van der Waals surface area contributed by atoms with E-state index in [1.807, 2.05) is 72.8 Å². The van der Waals surface area contributed by atoms with Crippen molar-refractivity contribution < 1.29 is 29.1 Å². The Balaban J connectivity index is 1.28. The Bertz CT molecular complexity index is 4010.